The number of aliphatic hydroxyl groups is 1. The molecule has 0 aromatic heterocycles. The molecule has 0 spiro atoms. The molecule has 1 aliphatic rings. The van der Waals surface area contributed by atoms with Gasteiger partial charge in [-0.2, -0.15) is 0 Å². The van der Waals surface area contributed by atoms with Gasteiger partial charge < -0.3 is 20.2 Å². The maximum atomic E-state index is 9.57. The summed E-state index contributed by atoms with van der Waals surface area (Å²) in [6, 6.07) is 8.30. The van der Waals surface area contributed by atoms with Crippen LogP contribution >= 0.6 is 39.9 Å². The molecule has 1 aromatic rings. The lowest BCUT2D eigenvalue weighted by Crippen LogP contribution is -2.39. The number of likely N-dealkylation sites (tertiary alicyclic amines) is 1. The first kappa shape index (κ1) is 23.7. The van der Waals surface area contributed by atoms with Crippen molar-refractivity contribution in [1.82, 2.24) is 15.1 Å². The van der Waals surface area contributed by atoms with Gasteiger partial charge in [0.1, 0.15) is 0 Å². The molecule has 0 atom stereocenters. The lowest BCUT2D eigenvalue weighted by molar-refractivity contribution is 0.0824. The normalized spacial score (nSPS) is 16.2. The molecule has 0 amide bonds. The number of hydrogen-bond acceptors (Lipinski definition) is 3. The third-order valence-electron chi connectivity index (χ3n) is 4.51. The molecule has 0 radical (unpaired) electrons. The third-order valence-corrected chi connectivity index (χ3v) is 5.29. The second kappa shape index (κ2) is 12.9. The van der Waals surface area contributed by atoms with Crippen LogP contribution in [-0.2, 0) is 6.54 Å². The summed E-state index contributed by atoms with van der Waals surface area (Å²) in [5, 5.41) is 12.9. The second-order valence-corrected chi connectivity index (χ2v) is 7.46. The summed E-state index contributed by atoms with van der Waals surface area (Å²) in [7, 11) is 2.08. The summed E-state index contributed by atoms with van der Waals surface area (Å²) in [4.78, 5) is 9.38. The minimum absolute atomic E-state index is 0. The number of hydrogen-bond donors (Lipinski definition) is 2. The lowest BCUT2D eigenvalue weighted by Gasteiger charge is -2.29. The zero-order valence-corrected chi connectivity index (χ0v) is 19.7. The van der Waals surface area contributed by atoms with Gasteiger partial charge in [-0.15, -0.1) is 24.0 Å². The molecule has 1 fully saturated rings. The van der Waals surface area contributed by atoms with Gasteiger partial charge in [0.15, 0.2) is 5.96 Å². The fourth-order valence-electron chi connectivity index (χ4n) is 3.05. The molecule has 2 N–H and O–H groups in total. The molecule has 2 rings (SSSR count). The van der Waals surface area contributed by atoms with Crippen LogP contribution in [0.25, 0.3) is 0 Å². The van der Waals surface area contributed by atoms with Crippen molar-refractivity contribution in [2.75, 3.05) is 39.8 Å². The van der Waals surface area contributed by atoms with E-state index in [1.54, 1.807) is 0 Å². The highest BCUT2D eigenvalue weighted by Crippen LogP contribution is 2.17. The number of nitrogens with one attached hydrogen (secondary N) is 1. The Hall–Kier alpha value is -0.380. The van der Waals surface area contributed by atoms with Crippen LogP contribution in [0.15, 0.2) is 33.7 Å². The molecule has 1 saturated heterocycles. The highest BCUT2D eigenvalue weighted by atomic mass is 127. The quantitative estimate of drug-likeness (QED) is 0.242. The fraction of sp³-hybridized carbons (Fsp3) is 0.632. The van der Waals surface area contributed by atoms with E-state index >= 15 is 0 Å². The Morgan fingerprint density at radius 1 is 1.35 bits per heavy atom. The Morgan fingerprint density at radius 3 is 2.69 bits per heavy atom. The summed E-state index contributed by atoms with van der Waals surface area (Å²) < 4.78 is 1.13. The molecule has 1 aliphatic heterocycles. The summed E-state index contributed by atoms with van der Waals surface area (Å²) in [5.74, 6) is 0.951. The van der Waals surface area contributed by atoms with Crippen LogP contribution < -0.4 is 5.32 Å². The van der Waals surface area contributed by atoms with Crippen LogP contribution in [0.4, 0.5) is 0 Å². The average Bonchev–Trinajstić information content (AvgIpc) is 2.61. The van der Waals surface area contributed by atoms with E-state index in [1.165, 1.54) is 5.56 Å². The van der Waals surface area contributed by atoms with Crippen molar-refractivity contribution in [2.45, 2.75) is 38.8 Å². The standard InChI is InChI=1S/C19H31BrN4O.HI/c1-3-21-19(23(2)15-16-7-4-5-8-18(16)20)22-11-6-12-24-13-9-17(25)10-14-24;/h4-5,7-8,17,25H,3,6,9-15H2,1-2H3,(H,21,22);1H. The minimum Gasteiger partial charge on any atom is -0.393 e. The molecule has 0 bridgehead atoms. The maximum absolute atomic E-state index is 9.57. The van der Waals surface area contributed by atoms with Gasteiger partial charge in [-0.05, 0) is 44.4 Å². The first-order valence-electron chi connectivity index (χ1n) is 9.23. The largest absolute Gasteiger partial charge is 0.393 e. The van der Waals surface area contributed by atoms with E-state index in [0.29, 0.717) is 0 Å². The second-order valence-electron chi connectivity index (χ2n) is 6.61. The highest BCUT2D eigenvalue weighted by molar-refractivity contribution is 14.0. The monoisotopic (exact) mass is 538 g/mol. The first-order chi connectivity index (χ1) is 12.1. The molecule has 0 aliphatic carbocycles. The third kappa shape index (κ3) is 8.10. The smallest absolute Gasteiger partial charge is 0.193 e. The van der Waals surface area contributed by atoms with Gasteiger partial charge in [0.25, 0.3) is 0 Å². The van der Waals surface area contributed by atoms with E-state index in [4.69, 9.17) is 4.99 Å². The number of aliphatic hydroxyl groups excluding tert-OH is 1. The molecule has 7 heteroatoms. The summed E-state index contributed by atoms with van der Waals surface area (Å²) in [6.07, 6.45) is 2.76. The lowest BCUT2D eigenvalue weighted by atomic mass is 10.1. The summed E-state index contributed by atoms with van der Waals surface area (Å²) in [6.45, 7) is 7.67. The Morgan fingerprint density at radius 2 is 2.04 bits per heavy atom. The summed E-state index contributed by atoms with van der Waals surface area (Å²) >= 11 is 3.61. The van der Waals surface area contributed by atoms with Crippen LogP contribution in [0.3, 0.4) is 0 Å². The Labute approximate surface area is 183 Å². The Bertz CT molecular complexity index is 550. The van der Waals surface area contributed by atoms with Crippen molar-refractivity contribution in [3.63, 3.8) is 0 Å². The van der Waals surface area contributed by atoms with E-state index in [1.807, 2.05) is 6.07 Å². The number of aliphatic imine (C=N–C) groups is 1. The van der Waals surface area contributed by atoms with Gasteiger partial charge in [-0.3, -0.25) is 4.99 Å². The first-order valence-corrected chi connectivity index (χ1v) is 10.0. The molecule has 1 heterocycles. The predicted molar refractivity (Wildman–Crippen MR) is 123 cm³/mol. The highest BCUT2D eigenvalue weighted by Gasteiger charge is 2.16. The van der Waals surface area contributed by atoms with Crippen LogP contribution in [0, 0.1) is 0 Å². The molecule has 148 valence electrons. The molecular weight excluding hydrogens is 507 g/mol. The minimum atomic E-state index is -0.0967. The molecule has 1 aromatic carbocycles. The van der Waals surface area contributed by atoms with Crippen molar-refractivity contribution < 1.29 is 5.11 Å². The number of nitrogens with zero attached hydrogens (tertiary/aromatic N) is 3. The van der Waals surface area contributed by atoms with Gasteiger partial charge >= 0.3 is 0 Å². The Kier molecular flexibility index (Phi) is 11.7. The number of rotatable bonds is 7. The molecule has 26 heavy (non-hydrogen) atoms. The van der Waals surface area contributed by atoms with Gasteiger partial charge in [-0.25, -0.2) is 0 Å². The topological polar surface area (TPSA) is 51.1 Å². The van der Waals surface area contributed by atoms with Crippen molar-refractivity contribution >= 4 is 45.9 Å². The van der Waals surface area contributed by atoms with E-state index in [9.17, 15) is 5.11 Å². The fourth-order valence-corrected chi connectivity index (χ4v) is 3.46. The van der Waals surface area contributed by atoms with E-state index < -0.39 is 0 Å². The number of halogens is 2. The van der Waals surface area contributed by atoms with Gasteiger partial charge in [0.2, 0.25) is 0 Å². The maximum Gasteiger partial charge on any atom is 0.193 e. The molecular formula is C19H32BrIN4O. The average molecular weight is 539 g/mol. The van der Waals surface area contributed by atoms with Gasteiger partial charge in [0, 0.05) is 44.2 Å². The van der Waals surface area contributed by atoms with Crippen LogP contribution in [0.5, 0.6) is 0 Å². The Balaban J connectivity index is 0.00000338. The zero-order valence-electron chi connectivity index (χ0n) is 15.8. The number of guanidine groups is 1. The van der Waals surface area contributed by atoms with Crippen LogP contribution in [-0.4, -0.2) is 66.7 Å². The van der Waals surface area contributed by atoms with Crippen molar-refractivity contribution in [2.24, 2.45) is 4.99 Å². The SMILES string of the molecule is CCNC(=NCCCN1CCC(O)CC1)N(C)Cc1ccccc1Br.I. The summed E-state index contributed by atoms with van der Waals surface area (Å²) in [5.41, 5.74) is 1.25. The molecule has 0 saturated carbocycles. The van der Waals surface area contributed by atoms with Crippen molar-refractivity contribution in [1.29, 1.82) is 0 Å². The van der Waals surface area contributed by atoms with E-state index in [-0.39, 0.29) is 30.1 Å². The van der Waals surface area contributed by atoms with Gasteiger partial charge in [-0.1, -0.05) is 34.1 Å². The number of benzene rings is 1. The van der Waals surface area contributed by atoms with E-state index in [2.05, 4.69) is 63.2 Å². The van der Waals surface area contributed by atoms with Crippen LogP contribution in [0.2, 0.25) is 0 Å². The zero-order chi connectivity index (χ0) is 18.1. The van der Waals surface area contributed by atoms with Crippen molar-refractivity contribution in [3.05, 3.63) is 34.3 Å². The van der Waals surface area contributed by atoms with Crippen LogP contribution in [0.1, 0.15) is 31.7 Å². The molecule has 5 nitrogen and oxygen atoms in total. The van der Waals surface area contributed by atoms with E-state index in [0.717, 1.165) is 69.0 Å². The predicted octanol–water partition coefficient (Wildman–Crippen LogP) is 3.31. The van der Waals surface area contributed by atoms with Crippen molar-refractivity contribution in [3.8, 4) is 0 Å². The molecule has 0 unspecified atom stereocenters. The number of piperidine rings is 1. The van der Waals surface area contributed by atoms with Gasteiger partial charge in [0.05, 0.1) is 6.10 Å².